The van der Waals surface area contributed by atoms with Crippen LogP contribution in [-0.2, 0) is 14.6 Å². The van der Waals surface area contributed by atoms with E-state index in [4.69, 9.17) is 5.11 Å². The summed E-state index contributed by atoms with van der Waals surface area (Å²) in [6.45, 7) is 2.60. The van der Waals surface area contributed by atoms with Crippen molar-refractivity contribution < 1.29 is 18.3 Å². The third-order valence-electron chi connectivity index (χ3n) is 2.62. The highest BCUT2D eigenvalue weighted by molar-refractivity contribution is 8.01. The summed E-state index contributed by atoms with van der Waals surface area (Å²) in [4.78, 5) is 12.3. The first-order valence-electron chi connectivity index (χ1n) is 5.22. The maximum atomic E-state index is 11.8. The van der Waals surface area contributed by atoms with Crippen molar-refractivity contribution in [1.29, 1.82) is 0 Å². The van der Waals surface area contributed by atoms with Gasteiger partial charge in [-0.2, -0.15) is 11.8 Å². The van der Waals surface area contributed by atoms with Crippen LogP contribution in [0, 0.1) is 0 Å². The summed E-state index contributed by atoms with van der Waals surface area (Å²) in [6, 6.07) is 0. The van der Waals surface area contributed by atoms with E-state index in [2.05, 4.69) is 0 Å². The Kier molecular flexibility index (Phi) is 5.07. The molecule has 0 saturated carbocycles. The van der Waals surface area contributed by atoms with Gasteiger partial charge in [0.05, 0.1) is 6.42 Å². The minimum absolute atomic E-state index is 0.000398. The van der Waals surface area contributed by atoms with E-state index in [0.717, 1.165) is 5.75 Å². The first-order chi connectivity index (χ1) is 7.47. The molecule has 1 aliphatic heterocycles. The maximum Gasteiger partial charge on any atom is 0.304 e. The lowest BCUT2D eigenvalue weighted by atomic mass is 10.4. The predicted molar refractivity (Wildman–Crippen MR) is 64.4 cm³/mol. The molecule has 94 valence electrons. The molecule has 0 aromatic heterocycles. The van der Waals surface area contributed by atoms with E-state index in [-0.39, 0.29) is 12.2 Å². The third-order valence-corrected chi connectivity index (χ3v) is 5.95. The number of hydrogen-bond donors (Lipinski definition) is 1. The Bertz CT molecular complexity index is 341. The second-order valence-corrected chi connectivity index (χ2v) is 7.26. The van der Waals surface area contributed by atoms with Crippen molar-refractivity contribution in [3.63, 3.8) is 0 Å². The van der Waals surface area contributed by atoms with E-state index in [1.54, 1.807) is 23.6 Å². The van der Waals surface area contributed by atoms with Crippen LogP contribution in [0.1, 0.15) is 13.3 Å². The van der Waals surface area contributed by atoms with Gasteiger partial charge in [0.1, 0.15) is 5.37 Å². The van der Waals surface area contributed by atoms with Gasteiger partial charge in [-0.15, -0.1) is 0 Å². The van der Waals surface area contributed by atoms with Gasteiger partial charge < -0.3 is 5.11 Å². The molecule has 0 aliphatic carbocycles. The van der Waals surface area contributed by atoms with Crippen LogP contribution in [0.5, 0.6) is 0 Å². The highest BCUT2D eigenvalue weighted by atomic mass is 32.2. The summed E-state index contributed by atoms with van der Waals surface area (Å²) >= 11 is 1.61. The predicted octanol–water partition coefficient (Wildman–Crippen LogP) is 0.271. The van der Waals surface area contributed by atoms with Crippen LogP contribution in [0.3, 0.4) is 0 Å². The Morgan fingerprint density at radius 3 is 2.81 bits per heavy atom. The van der Waals surface area contributed by atoms with E-state index >= 15 is 0 Å². The lowest BCUT2D eigenvalue weighted by molar-refractivity contribution is -0.137. The SMILES string of the molecule is CCS(=O)(=O)C1CSCCN1CCC(=O)O. The Labute approximate surface area is 100 Å². The molecule has 0 aromatic carbocycles. The highest BCUT2D eigenvalue weighted by Gasteiger charge is 2.32. The summed E-state index contributed by atoms with van der Waals surface area (Å²) in [5.41, 5.74) is 0. The molecule has 1 heterocycles. The molecule has 0 amide bonds. The van der Waals surface area contributed by atoms with E-state index in [9.17, 15) is 13.2 Å². The van der Waals surface area contributed by atoms with Crippen molar-refractivity contribution in [3.05, 3.63) is 0 Å². The van der Waals surface area contributed by atoms with Gasteiger partial charge in [-0.3, -0.25) is 9.69 Å². The topological polar surface area (TPSA) is 74.7 Å². The van der Waals surface area contributed by atoms with Gasteiger partial charge in [0.2, 0.25) is 0 Å². The van der Waals surface area contributed by atoms with E-state index < -0.39 is 21.2 Å². The smallest absolute Gasteiger partial charge is 0.304 e. The van der Waals surface area contributed by atoms with Crippen molar-refractivity contribution in [2.24, 2.45) is 0 Å². The molecule has 1 saturated heterocycles. The van der Waals surface area contributed by atoms with E-state index in [1.165, 1.54) is 0 Å². The number of nitrogens with zero attached hydrogens (tertiary/aromatic N) is 1. The molecule has 7 heteroatoms. The molecule has 5 nitrogen and oxygen atoms in total. The van der Waals surface area contributed by atoms with Gasteiger partial charge >= 0.3 is 5.97 Å². The van der Waals surface area contributed by atoms with Crippen LogP contribution < -0.4 is 0 Å². The molecular formula is C9H17NO4S2. The summed E-state index contributed by atoms with van der Waals surface area (Å²) in [7, 11) is -3.11. The molecule has 16 heavy (non-hydrogen) atoms. The highest BCUT2D eigenvalue weighted by Crippen LogP contribution is 2.21. The molecule has 1 rings (SSSR count). The fourth-order valence-electron chi connectivity index (χ4n) is 1.63. The fraction of sp³-hybridized carbons (Fsp3) is 0.889. The minimum Gasteiger partial charge on any atom is -0.481 e. The van der Waals surface area contributed by atoms with Crippen LogP contribution in [0.25, 0.3) is 0 Å². The molecule has 0 aromatic rings. The Balaban J connectivity index is 2.68. The lowest BCUT2D eigenvalue weighted by Gasteiger charge is -2.34. The largest absolute Gasteiger partial charge is 0.481 e. The minimum atomic E-state index is -3.11. The van der Waals surface area contributed by atoms with Crippen molar-refractivity contribution in [2.45, 2.75) is 18.7 Å². The van der Waals surface area contributed by atoms with Crippen molar-refractivity contribution in [1.82, 2.24) is 4.90 Å². The fourth-order valence-corrected chi connectivity index (χ4v) is 4.74. The number of carboxylic acid groups (broad SMARTS) is 1. The van der Waals surface area contributed by atoms with Gasteiger partial charge in [0, 0.05) is 30.3 Å². The van der Waals surface area contributed by atoms with Crippen molar-refractivity contribution in [3.8, 4) is 0 Å². The maximum absolute atomic E-state index is 11.8. The normalized spacial score (nSPS) is 23.2. The molecular weight excluding hydrogens is 250 g/mol. The monoisotopic (exact) mass is 267 g/mol. The molecule has 1 aliphatic rings. The van der Waals surface area contributed by atoms with E-state index in [0.29, 0.717) is 18.8 Å². The van der Waals surface area contributed by atoms with Crippen LogP contribution in [0.15, 0.2) is 0 Å². The second kappa shape index (κ2) is 5.88. The molecule has 1 unspecified atom stereocenters. The van der Waals surface area contributed by atoms with Crippen LogP contribution in [-0.4, -0.2) is 60.1 Å². The van der Waals surface area contributed by atoms with Gasteiger partial charge in [0.25, 0.3) is 0 Å². The standard InChI is InChI=1S/C9H17NO4S2/c1-2-16(13,14)8-7-15-6-5-10(8)4-3-9(11)12/h8H,2-7H2,1H3,(H,11,12). The number of carbonyl (C=O) groups is 1. The molecule has 1 fully saturated rings. The number of sulfone groups is 1. The van der Waals surface area contributed by atoms with Crippen LogP contribution in [0.2, 0.25) is 0 Å². The summed E-state index contributed by atoms with van der Waals surface area (Å²) in [6.07, 6.45) is 0.000398. The number of rotatable bonds is 5. The summed E-state index contributed by atoms with van der Waals surface area (Å²) in [5, 5.41) is 8.10. The van der Waals surface area contributed by atoms with Gasteiger partial charge in [-0.1, -0.05) is 6.92 Å². The third kappa shape index (κ3) is 3.64. The van der Waals surface area contributed by atoms with Crippen LogP contribution >= 0.6 is 11.8 Å². The van der Waals surface area contributed by atoms with Gasteiger partial charge in [0.15, 0.2) is 9.84 Å². The zero-order valence-electron chi connectivity index (χ0n) is 9.26. The van der Waals surface area contributed by atoms with E-state index in [1.807, 2.05) is 0 Å². The number of hydrogen-bond acceptors (Lipinski definition) is 5. The summed E-state index contributed by atoms with van der Waals surface area (Å²) in [5.74, 6) is 0.651. The molecule has 0 spiro atoms. The zero-order chi connectivity index (χ0) is 12.2. The number of aliphatic carboxylic acids is 1. The van der Waals surface area contributed by atoms with Crippen LogP contribution in [0.4, 0.5) is 0 Å². The quantitative estimate of drug-likeness (QED) is 0.771. The summed E-state index contributed by atoms with van der Waals surface area (Å²) < 4.78 is 23.6. The molecule has 1 N–H and O–H groups in total. The second-order valence-electron chi connectivity index (χ2n) is 3.66. The zero-order valence-corrected chi connectivity index (χ0v) is 10.9. The van der Waals surface area contributed by atoms with Crippen molar-refractivity contribution in [2.75, 3.05) is 30.3 Å². The van der Waals surface area contributed by atoms with Crippen molar-refractivity contribution >= 4 is 27.6 Å². The Morgan fingerprint density at radius 2 is 2.25 bits per heavy atom. The van der Waals surface area contributed by atoms with Gasteiger partial charge in [-0.05, 0) is 0 Å². The number of thioether (sulfide) groups is 1. The molecule has 0 radical (unpaired) electrons. The number of carboxylic acids is 1. The average Bonchev–Trinajstić information content (AvgIpc) is 2.26. The Morgan fingerprint density at radius 1 is 1.56 bits per heavy atom. The Hall–Kier alpha value is -0.270. The first kappa shape index (κ1) is 13.8. The first-order valence-corrected chi connectivity index (χ1v) is 8.09. The lowest BCUT2D eigenvalue weighted by Crippen LogP contribution is -2.48. The molecule has 1 atom stereocenters. The van der Waals surface area contributed by atoms with Gasteiger partial charge in [-0.25, -0.2) is 8.42 Å². The molecule has 0 bridgehead atoms. The average molecular weight is 267 g/mol.